The average Bonchev–Trinajstić information content (AvgIpc) is 3.42. The molecular weight excluding hydrogens is 466 g/mol. The van der Waals surface area contributed by atoms with Gasteiger partial charge in [-0.3, -0.25) is 14.2 Å². The Hall–Kier alpha value is -3.10. The minimum absolute atomic E-state index is 0.0422. The summed E-state index contributed by atoms with van der Waals surface area (Å²) in [4.78, 5) is 33.7. The molecule has 0 aliphatic heterocycles. The molecule has 2 aromatic heterocycles. The molecule has 0 radical (unpaired) electrons. The van der Waals surface area contributed by atoms with Crippen molar-refractivity contribution < 1.29 is 9.53 Å². The van der Waals surface area contributed by atoms with Gasteiger partial charge in [-0.25, -0.2) is 4.98 Å². The molecule has 34 heavy (non-hydrogen) atoms. The van der Waals surface area contributed by atoms with Crippen molar-refractivity contribution in [3.05, 3.63) is 80.5 Å². The molecule has 0 saturated heterocycles. The van der Waals surface area contributed by atoms with E-state index in [4.69, 9.17) is 9.72 Å². The van der Waals surface area contributed by atoms with E-state index < -0.39 is 5.25 Å². The molecule has 1 amide bonds. The van der Waals surface area contributed by atoms with Crippen molar-refractivity contribution in [2.75, 3.05) is 12.4 Å². The second-order valence-electron chi connectivity index (χ2n) is 8.40. The van der Waals surface area contributed by atoms with Crippen molar-refractivity contribution in [3.8, 4) is 5.75 Å². The van der Waals surface area contributed by atoms with E-state index in [1.807, 2.05) is 55.5 Å². The summed E-state index contributed by atoms with van der Waals surface area (Å²) in [6.07, 6.45) is 3.04. The van der Waals surface area contributed by atoms with Crippen LogP contribution in [0.15, 0.2) is 58.5 Å². The van der Waals surface area contributed by atoms with Crippen LogP contribution in [0, 0.1) is 6.92 Å². The highest BCUT2D eigenvalue weighted by atomic mass is 32.2. The number of nitrogens with one attached hydrogen (secondary N) is 1. The summed E-state index contributed by atoms with van der Waals surface area (Å²) in [5.74, 6) is 0.388. The van der Waals surface area contributed by atoms with Crippen LogP contribution in [0.3, 0.4) is 0 Å². The second kappa shape index (κ2) is 9.27. The van der Waals surface area contributed by atoms with Gasteiger partial charge in [0.05, 0.1) is 18.2 Å². The summed E-state index contributed by atoms with van der Waals surface area (Å²) in [6, 6.07) is 15.2. The molecule has 1 atom stereocenters. The van der Waals surface area contributed by atoms with E-state index in [-0.39, 0.29) is 11.5 Å². The van der Waals surface area contributed by atoms with Gasteiger partial charge in [0, 0.05) is 11.9 Å². The first-order valence-corrected chi connectivity index (χ1v) is 12.8. The Labute approximate surface area is 206 Å². The topological polar surface area (TPSA) is 73.2 Å². The largest absolute Gasteiger partial charge is 0.495 e. The van der Waals surface area contributed by atoms with Crippen LogP contribution < -0.4 is 15.6 Å². The van der Waals surface area contributed by atoms with E-state index in [2.05, 4.69) is 5.32 Å². The van der Waals surface area contributed by atoms with Crippen LogP contribution in [0.1, 0.15) is 33.2 Å². The number of anilines is 1. The lowest BCUT2D eigenvalue weighted by molar-refractivity contribution is -0.115. The Kier molecular flexibility index (Phi) is 6.18. The molecule has 5 rings (SSSR count). The normalized spacial score (nSPS) is 13.6. The van der Waals surface area contributed by atoms with Crippen molar-refractivity contribution in [1.29, 1.82) is 0 Å². The van der Waals surface area contributed by atoms with Crippen LogP contribution in [0.25, 0.3) is 10.2 Å². The van der Waals surface area contributed by atoms with Gasteiger partial charge in [-0.05, 0) is 55.0 Å². The standard InChI is InChI=1S/C26H25N3O3S2/c1-15-12-13-19(32-3)18(14-15)27-23(30)22(16-8-5-4-6-9-16)34-26-28-24-21(25(31)29(26)2)17-10-7-11-20(17)33-24/h4-6,8-9,12-14,22H,7,10-11H2,1-3H3,(H,27,30). The number of nitrogens with zero attached hydrogens (tertiary/aromatic N) is 2. The molecule has 4 aromatic rings. The fourth-order valence-electron chi connectivity index (χ4n) is 4.33. The van der Waals surface area contributed by atoms with Gasteiger partial charge in [-0.2, -0.15) is 0 Å². The van der Waals surface area contributed by atoms with Crippen molar-refractivity contribution in [2.45, 2.75) is 36.6 Å². The van der Waals surface area contributed by atoms with Crippen molar-refractivity contribution in [1.82, 2.24) is 9.55 Å². The first kappa shape index (κ1) is 22.7. The highest BCUT2D eigenvalue weighted by molar-refractivity contribution is 8.00. The summed E-state index contributed by atoms with van der Waals surface area (Å²) in [5.41, 5.74) is 3.58. The lowest BCUT2D eigenvalue weighted by Crippen LogP contribution is -2.23. The Bertz CT molecular complexity index is 1440. The molecule has 0 fully saturated rings. The number of hydrogen-bond donors (Lipinski definition) is 1. The van der Waals surface area contributed by atoms with Crippen LogP contribution in [0.5, 0.6) is 5.75 Å². The first-order chi connectivity index (χ1) is 16.5. The van der Waals surface area contributed by atoms with Gasteiger partial charge in [0.25, 0.3) is 5.56 Å². The highest BCUT2D eigenvalue weighted by Crippen LogP contribution is 2.39. The van der Waals surface area contributed by atoms with E-state index >= 15 is 0 Å². The monoisotopic (exact) mass is 491 g/mol. The fourth-order valence-corrected chi connectivity index (χ4v) is 6.70. The third-order valence-electron chi connectivity index (χ3n) is 6.08. The number of benzene rings is 2. The molecule has 1 unspecified atom stereocenters. The molecule has 2 heterocycles. The predicted molar refractivity (Wildman–Crippen MR) is 138 cm³/mol. The summed E-state index contributed by atoms with van der Waals surface area (Å²) >= 11 is 2.90. The minimum atomic E-state index is -0.603. The van der Waals surface area contributed by atoms with Crippen LogP contribution in [-0.4, -0.2) is 22.6 Å². The lowest BCUT2D eigenvalue weighted by Gasteiger charge is -2.19. The number of aryl methyl sites for hydroxylation is 3. The van der Waals surface area contributed by atoms with Gasteiger partial charge < -0.3 is 10.1 Å². The van der Waals surface area contributed by atoms with E-state index in [1.54, 1.807) is 30.1 Å². The maximum atomic E-state index is 13.6. The maximum absolute atomic E-state index is 13.6. The zero-order valence-corrected chi connectivity index (χ0v) is 20.9. The summed E-state index contributed by atoms with van der Waals surface area (Å²) in [5, 5.41) is 3.69. The zero-order valence-electron chi connectivity index (χ0n) is 19.3. The third kappa shape index (κ3) is 4.12. The van der Waals surface area contributed by atoms with Crippen molar-refractivity contribution in [2.24, 2.45) is 7.05 Å². The lowest BCUT2D eigenvalue weighted by atomic mass is 10.1. The number of fused-ring (bicyclic) bond motifs is 3. The number of carbonyl (C=O) groups is 1. The number of thioether (sulfide) groups is 1. The molecule has 0 spiro atoms. The van der Waals surface area contributed by atoms with Crippen LogP contribution >= 0.6 is 23.1 Å². The van der Waals surface area contributed by atoms with E-state index in [1.165, 1.54) is 16.6 Å². The molecular formula is C26H25N3O3S2. The molecule has 6 nitrogen and oxygen atoms in total. The number of aromatic nitrogens is 2. The number of hydrogen-bond acceptors (Lipinski definition) is 6. The molecule has 0 bridgehead atoms. The van der Waals surface area contributed by atoms with Gasteiger partial charge in [-0.1, -0.05) is 48.2 Å². The number of thiophene rings is 1. The molecule has 174 valence electrons. The smallest absolute Gasteiger partial charge is 0.262 e. The number of rotatable bonds is 6. The van der Waals surface area contributed by atoms with E-state index in [0.717, 1.165) is 46.2 Å². The maximum Gasteiger partial charge on any atom is 0.262 e. The Balaban J connectivity index is 1.53. The summed E-state index contributed by atoms with van der Waals surface area (Å²) in [7, 11) is 3.32. The third-order valence-corrected chi connectivity index (χ3v) is 8.57. The molecule has 0 saturated carbocycles. The summed E-state index contributed by atoms with van der Waals surface area (Å²) in [6.45, 7) is 1.96. The van der Waals surface area contributed by atoms with Crippen LogP contribution in [0.2, 0.25) is 0 Å². The molecule has 2 aromatic carbocycles. The molecule has 1 aliphatic rings. The number of amides is 1. The minimum Gasteiger partial charge on any atom is -0.495 e. The van der Waals surface area contributed by atoms with Crippen molar-refractivity contribution in [3.63, 3.8) is 0 Å². The zero-order chi connectivity index (χ0) is 23.8. The van der Waals surface area contributed by atoms with E-state index in [9.17, 15) is 9.59 Å². The SMILES string of the molecule is COc1ccc(C)cc1NC(=O)C(Sc1nc2sc3c(c2c(=O)n1C)CCC3)c1ccccc1. The van der Waals surface area contributed by atoms with Crippen molar-refractivity contribution >= 4 is 44.9 Å². The molecule has 1 aliphatic carbocycles. The van der Waals surface area contributed by atoms with E-state index in [0.29, 0.717) is 16.6 Å². The number of carbonyl (C=O) groups excluding carboxylic acids is 1. The summed E-state index contributed by atoms with van der Waals surface area (Å²) < 4.78 is 7.02. The van der Waals surface area contributed by atoms with Crippen LogP contribution in [-0.2, 0) is 24.7 Å². The predicted octanol–water partition coefficient (Wildman–Crippen LogP) is 5.27. The van der Waals surface area contributed by atoms with Gasteiger partial charge in [-0.15, -0.1) is 11.3 Å². The van der Waals surface area contributed by atoms with Gasteiger partial charge >= 0.3 is 0 Å². The Morgan fingerprint density at radius 1 is 1.21 bits per heavy atom. The first-order valence-electron chi connectivity index (χ1n) is 11.1. The van der Waals surface area contributed by atoms with Gasteiger partial charge in [0.1, 0.15) is 15.8 Å². The highest BCUT2D eigenvalue weighted by Gasteiger charge is 2.27. The average molecular weight is 492 g/mol. The Morgan fingerprint density at radius 3 is 2.76 bits per heavy atom. The molecule has 1 N–H and O–H groups in total. The van der Waals surface area contributed by atoms with Gasteiger partial charge in [0.15, 0.2) is 5.16 Å². The van der Waals surface area contributed by atoms with Gasteiger partial charge in [0.2, 0.25) is 5.91 Å². The fraction of sp³-hybridized carbons (Fsp3) is 0.269. The molecule has 8 heteroatoms. The second-order valence-corrected chi connectivity index (χ2v) is 10.6. The van der Waals surface area contributed by atoms with Crippen LogP contribution in [0.4, 0.5) is 5.69 Å². The Morgan fingerprint density at radius 2 is 2.00 bits per heavy atom. The number of methoxy groups -OCH3 is 1. The number of ether oxygens (including phenoxy) is 1. The quantitative estimate of drug-likeness (QED) is 0.294.